The maximum atomic E-state index is 6.54. The predicted octanol–water partition coefficient (Wildman–Crippen LogP) is 4.71. The molecular formula is C18H21ClO. The van der Waals surface area contributed by atoms with E-state index in [0.29, 0.717) is 0 Å². The van der Waals surface area contributed by atoms with Crippen molar-refractivity contribution in [2.45, 2.75) is 25.1 Å². The molecule has 0 saturated heterocycles. The molecule has 0 saturated carbocycles. The Labute approximate surface area is 126 Å². The minimum atomic E-state index is 0.0209. The number of methoxy groups -OCH3 is 1. The number of rotatable bonds is 6. The summed E-state index contributed by atoms with van der Waals surface area (Å²) in [5, 5.41) is 0.0209. The van der Waals surface area contributed by atoms with Gasteiger partial charge in [-0.25, -0.2) is 0 Å². The monoisotopic (exact) mass is 288 g/mol. The van der Waals surface area contributed by atoms with E-state index in [2.05, 4.69) is 55.5 Å². The zero-order valence-electron chi connectivity index (χ0n) is 12.1. The van der Waals surface area contributed by atoms with Crippen LogP contribution >= 0.6 is 11.6 Å². The van der Waals surface area contributed by atoms with Gasteiger partial charge in [0, 0.05) is 7.11 Å². The number of alkyl halides is 1. The first-order valence-electron chi connectivity index (χ1n) is 6.97. The number of aryl methyl sites for hydroxylation is 1. The molecule has 2 rings (SSSR count). The zero-order chi connectivity index (χ0) is 14.4. The number of ether oxygens (including phenoxy) is 1. The lowest BCUT2D eigenvalue weighted by atomic mass is 9.99. The fourth-order valence-corrected chi connectivity index (χ4v) is 2.57. The molecule has 106 valence electrons. The summed E-state index contributed by atoms with van der Waals surface area (Å²) >= 11 is 6.54. The first-order valence-corrected chi connectivity index (χ1v) is 7.40. The third-order valence-corrected chi connectivity index (χ3v) is 4.00. The van der Waals surface area contributed by atoms with Crippen LogP contribution < -0.4 is 0 Å². The lowest BCUT2D eigenvalue weighted by molar-refractivity contribution is 0.202. The van der Waals surface area contributed by atoms with Crippen LogP contribution in [0.4, 0.5) is 0 Å². The van der Waals surface area contributed by atoms with E-state index in [1.165, 1.54) is 22.3 Å². The summed E-state index contributed by atoms with van der Waals surface area (Å²) in [6, 6.07) is 16.9. The Balaban J connectivity index is 2.02. The quantitative estimate of drug-likeness (QED) is 0.700. The topological polar surface area (TPSA) is 9.23 Å². The van der Waals surface area contributed by atoms with Crippen LogP contribution in [0.1, 0.15) is 27.6 Å². The van der Waals surface area contributed by atoms with Crippen molar-refractivity contribution in [3.05, 3.63) is 70.8 Å². The minimum absolute atomic E-state index is 0.0209. The molecule has 0 amide bonds. The van der Waals surface area contributed by atoms with E-state index in [4.69, 9.17) is 16.3 Å². The smallest absolute Gasteiger partial charge is 0.0625 e. The van der Waals surface area contributed by atoms with Crippen LogP contribution in [0.5, 0.6) is 0 Å². The van der Waals surface area contributed by atoms with Crippen molar-refractivity contribution in [1.29, 1.82) is 0 Å². The van der Waals surface area contributed by atoms with Crippen molar-refractivity contribution in [3.63, 3.8) is 0 Å². The standard InChI is InChI=1S/C18H21ClO/c1-14-5-3-4-6-17(14)13-18(19)16-9-7-15(8-10-16)11-12-20-2/h3-10,18H,11-13H2,1-2H3. The van der Waals surface area contributed by atoms with Gasteiger partial charge in [-0.2, -0.15) is 0 Å². The molecule has 0 radical (unpaired) electrons. The van der Waals surface area contributed by atoms with E-state index < -0.39 is 0 Å². The van der Waals surface area contributed by atoms with Gasteiger partial charge in [0.15, 0.2) is 0 Å². The van der Waals surface area contributed by atoms with Gasteiger partial charge < -0.3 is 4.74 Å². The molecule has 0 fully saturated rings. The number of benzene rings is 2. The van der Waals surface area contributed by atoms with Crippen LogP contribution in [-0.4, -0.2) is 13.7 Å². The van der Waals surface area contributed by atoms with Crippen molar-refractivity contribution >= 4 is 11.6 Å². The van der Waals surface area contributed by atoms with Gasteiger partial charge in [-0.3, -0.25) is 0 Å². The Bertz CT molecular complexity index is 533. The fraction of sp³-hybridized carbons (Fsp3) is 0.333. The zero-order valence-corrected chi connectivity index (χ0v) is 12.9. The molecular weight excluding hydrogens is 268 g/mol. The summed E-state index contributed by atoms with van der Waals surface area (Å²) < 4.78 is 5.09. The highest BCUT2D eigenvalue weighted by atomic mass is 35.5. The van der Waals surface area contributed by atoms with Gasteiger partial charge in [-0.15, -0.1) is 11.6 Å². The van der Waals surface area contributed by atoms with Crippen LogP contribution in [0.3, 0.4) is 0 Å². The second-order valence-electron chi connectivity index (χ2n) is 5.08. The molecule has 1 unspecified atom stereocenters. The van der Waals surface area contributed by atoms with Gasteiger partial charge in [-0.05, 0) is 42.0 Å². The first kappa shape index (κ1) is 15.1. The van der Waals surface area contributed by atoms with E-state index in [9.17, 15) is 0 Å². The minimum Gasteiger partial charge on any atom is -0.384 e. The summed E-state index contributed by atoms with van der Waals surface area (Å²) in [5.41, 5.74) is 5.08. The molecule has 0 bridgehead atoms. The normalized spacial score (nSPS) is 12.3. The summed E-state index contributed by atoms with van der Waals surface area (Å²) in [4.78, 5) is 0. The average molecular weight is 289 g/mol. The largest absolute Gasteiger partial charge is 0.384 e. The molecule has 0 spiro atoms. The molecule has 1 atom stereocenters. The Kier molecular flexibility index (Phi) is 5.63. The van der Waals surface area contributed by atoms with Crippen LogP contribution in [0, 0.1) is 6.92 Å². The maximum Gasteiger partial charge on any atom is 0.0625 e. The molecule has 0 aliphatic heterocycles. The Hall–Kier alpha value is -1.31. The van der Waals surface area contributed by atoms with Crippen LogP contribution in [0.15, 0.2) is 48.5 Å². The number of hydrogen-bond donors (Lipinski definition) is 0. The van der Waals surface area contributed by atoms with Gasteiger partial charge >= 0.3 is 0 Å². The third kappa shape index (κ3) is 4.09. The highest BCUT2D eigenvalue weighted by molar-refractivity contribution is 6.20. The van der Waals surface area contributed by atoms with Gasteiger partial charge in [0.2, 0.25) is 0 Å². The molecule has 0 heterocycles. The van der Waals surface area contributed by atoms with Gasteiger partial charge in [0.05, 0.1) is 12.0 Å². The SMILES string of the molecule is COCCc1ccc(C(Cl)Cc2ccccc2C)cc1. The molecule has 0 aromatic heterocycles. The number of halogens is 1. The maximum absolute atomic E-state index is 6.54. The van der Waals surface area contributed by atoms with Crippen molar-refractivity contribution in [1.82, 2.24) is 0 Å². The lowest BCUT2D eigenvalue weighted by Crippen LogP contribution is -1.99. The predicted molar refractivity (Wildman–Crippen MR) is 85.5 cm³/mol. The summed E-state index contributed by atoms with van der Waals surface area (Å²) in [6.45, 7) is 2.89. The fourth-order valence-electron chi connectivity index (χ4n) is 2.26. The molecule has 0 aliphatic carbocycles. The molecule has 20 heavy (non-hydrogen) atoms. The van der Waals surface area contributed by atoms with Crippen molar-refractivity contribution in [2.75, 3.05) is 13.7 Å². The van der Waals surface area contributed by atoms with E-state index in [1.807, 2.05) is 0 Å². The molecule has 2 aromatic carbocycles. The van der Waals surface area contributed by atoms with Gasteiger partial charge in [-0.1, -0.05) is 48.5 Å². The molecule has 1 nitrogen and oxygen atoms in total. The molecule has 2 heteroatoms. The first-order chi connectivity index (χ1) is 9.70. The van der Waals surface area contributed by atoms with Crippen molar-refractivity contribution < 1.29 is 4.74 Å². The highest BCUT2D eigenvalue weighted by Crippen LogP contribution is 2.26. The molecule has 0 aliphatic rings. The van der Waals surface area contributed by atoms with E-state index in [1.54, 1.807) is 7.11 Å². The Morgan fingerprint density at radius 3 is 2.40 bits per heavy atom. The average Bonchev–Trinajstić information content (AvgIpc) is 2.48. The second-order valence-corrected chi connectivity index (χ2v) is 5.61. The van der Waals surface area contributed by atoms with Crippen LogP contribution in [0.2, 0.25) is 0 Å². The van der Waals surface area contributed by atoms with Crippen molar-refractivity contribution in [2.24, 2.45) is 0 Å². The summed E-state index contributed by atoms with van der Waals surface area (Å²) in [6.07, 6.45) is 1.81. The summed E-state index contributed by atoms with van der Waals surface area (Å²) in [7, 11) is 1.73. The van der Waals surface area contributed by atoms with E-state index in [0.717, 1.165) is 19.4 Å². The number of hydrogen-bond acceptors (Lipinski definition) is 1. The van der Waals surface area contributed by atoms with Crippen LogP contribution in [0.25, 0.3) is 0 Å². The third-order valence-electron chi connectivity index (χ3n) is 3.60. The van der Waals surface area contributed by atoms with Gasteiger partial charge in [0.1, 0.15) is 0 Å². The molecule has 0 N–H and O–H groups in total. The highest BCUT2D eigenvalue weighted by Gasteiger charge is 2.10. The Morgan fingerprint density at radius 2 is 1.75 bits per heavy atom. The van der Waals surface area contributed by atoms with E-state index >= 15 is 0 Å². The molecule has 2 aromatic rings. The Morgan fingerprint density at radius 1 is 1.05 bits per heavy atom. The van der Waals surface area contributed by atoms with E-state index in [-0.39, 0.29) is 5.38 Å². The van der Waals surface area contributed by atoms with Crippen molar-refractivity contribution in [3.8, 4) is 0 Å². The van der Waals surface area contributed by atoms with Gasteiger partial charge in [0.25, 0.3) is 0 Å². The second kappa shape index (κ2) is 7.47. The van der Waals surface area contributed by atoms with Crippen LogP contribution in [-0.2, 0) is 17.6 Å². The lowest BCUT2D eigenvalue weighted by Gasteiger charge is -2.12. The summed E-state index contributed by atoms with van der Waals surface area (Å²) in [5.74, 6) is 0.